The van der Waals surface area contributed by atoms with Crippen molar-refractivity contribution >= 4 is 80.3 Å². The summed E-state index contributed by atoms with van der Waals surface area (Å²) in [4.78, 5) is 39.2. The Hall–Kier alpha value is -3.04. The number of hydrogen-bond donors (Lipinski definition) is 1. The van der Waals surface area contributed by atoms with Gasteiger partial charge in [-0.25, -0.2) is 9.69 Å². The highest BCUT2D eigenvalue weighted by Crippen LogP contribution is 2.38. The third-order valence-electron chi connectivity index (χ3n) is 5.45. The molecule has 0 saturated carbocycles. The molecule has 1 aliphatic rings. The number of aryl methyl sites for hydroxylation is 1. The number of amides is 4. The molecule has 190 valence electrons. The maximum absolute atomic E-state index is 13.2. The molecule has 0 spiro atoms. The second-order valence-electron chi connectivity index (χ2n) is 7.95. The van der Waals surface area contributed by atoms with Crippen LogP contribution in [0.1, 0.15) is 16.7 Å². The number of methoxy groups -OCH3 is 1. The van der Waals surface area contributed by atoms with E-state index in [-0.39, 0.29) is 28.7 Å². The van der Waals surface area contributed by atoms with E-state index in [1.807, 2.05) is 6.92 Å². The van der Waals surface area contributed by atoms with Crippen LogP contribution in [0.2, 0.25) is 15.1 Å². The Morgan fingerprint density at radius 2 is 1.76 bits per heavy atom. The number of hydrogen-bond acceptors (Lipinski definition) is 5. The van der Waals surface area contributed by atoms with Gasteiger partial charge in [0.1, 0.15) is 12.2 Å². The zero-order chi connectivity index (χ0) is 26.9. The summed E-state index contributed by atoms with van der Waals surface area (Å²) < 4.78 is 12.1. The summed E-state index contributed by atoms with van der Waals surface area (Å²) in [6, 6.07) is 12.2. The monoisotopic (exact) mass is 622 g/mol. The first kappa shape index (κ1) is 27.0. The lowest BCUT2D eigenvalue weighted by molar-refractivity contribution is -0.122. The van der Waals surface area contributed by atoms with Gasteiger partial charge < -0.3 is 9.47 Å². The molecular weight excluding hydrogens is 607 g/mol. The van der Waals surface area contributed by atoms with Gasteiger partial charge in [0.05, 0.1) is 17.8 Å². The highest BCUT2D eigenvalue weighted by atomic mass is 79.9. The molecule has 3 aromatic rings. The molecular formula is C26H18BrCl3N2O5. The summed E-state index contributed by atoms with van der Waals surface area (Å²) in [5.41, 5.74) is 1.96. The topological polar surface area (TPSA) is 84.9 Å². The summed E-state index contributed by atoms with van der Waals surface area (Å²) in [5.74, 6) is -1.08. The summed E-state index contributed by atoms with van der Waals surface area (Å²) in [6.07, 6.45) is 1.33. The van der Waals surface area contributed by atoms with Gasteiger partial charge in [0, 0.05) is 20.1 Å². The van der Waals surface area contributed by atoms with E-state index in [1.165, 1.54) is 19.3 Å². The van der Waals surface area contributed by atoms with E-state index in [1.54, 1.807) is 42.5 Å². The number of barbiturate groups is 1. The Morgan fingerprint density at radius 1 is 1.00 bits per heavy atom. The van der Waals surface area contributed by atoms with Gasteiger partial charge in [-0.1, -0.05) is 56.8 Å². The third-order valence-corrected chi connectivity index (χ3v) is 7.21. The van der Waals surface area contributed by atoms with E-state index < -0.39 is 17.8 Å². The van der Waals surface area contributed by atoms with Gasteiger partial charge in [0.15, 0.2) is 11.5 Å². The summed E-state index contributed by atoms with van der Waals surface area (Å²) in [7, 11) is 1.43. The Bertz CT molecular complexity index is 1470. The summed E-state index contributed by atoms with van der Waals surface area (Å²) in [6.45, 7) is 1.91. The van der Waals surface area contributed by atoms with Gasteiger partial charge in [-0.2, -0.15) is 0 Å². The van der Waals surface area contributed by atoms with Crippen LogP contribution in [0.3, 0.4) is 0 Å². The number of halogens is 4. The lowest BCUT2D eigenvalue weighted by atomic mass is 10.1. The number of rotatable bonds is 6. The predicted molar refractivity (Wildman–Crippen MR) is 147 cm³/mol. The number of nitrogens with zero attached hydrogens (tertiary/aromatic N) is 1. The largest absolute Gasteiger partial charge is 0.493 e. The number of anilines is 1. The molecule has 1 heterocycles. The molecule has 11 heteroatoms. The van der Waals surface area contributed by atoms with Crippen LogP contribution in [-0.4, -0.2) is 25.0 Å². The lowest BCUT2D eigenvalue weighted by Gasteiger charge is -2.26. The average molecular weight is 625 g/mol. The molecule has 0 bridgehead atoms. The van der Waals surface area contributed by atoms with Crippen LogP contribution in [0, 0.1) is 6.92 Å². The molecule has 1 fully saturated rings. The van der Waals surface area contributed by atoms with Crippen LogP contribution in [0.25, 0.3) is 6.08 Å². The first-order valence-corrected chi connectivity index (χ1v) is 12.6. The Labute approximate surface area is 236 Å². The Morgan fingerprint density at radius 3 is 2.43 bits per heavy atom. The standard InChI is InChI=1S/C26H18BrCl3N2O5/c1-13-7-17(5-6-19(13)27)32-25(34)18(24(33)31-26(32)35)8-14-9-21(30)23(22(10-14)36-2)37-12-15-3-4-16(28)11-20(15)29/h3-11H,12H2,1-2H3,(H,31,33,35)/b18-8+. The van der Waals surface area contributed by atoms with E-state index in [2.05, 4.69) is 21.2 Å². The smallest absolute Gasteiger partial charge is 0.335 e. The van der Waals surface area contributed by atoms with E-state index in [0.29, 0.717) is 26.9 Å². The molecule has 37 heavy (non-hydrogen) atoms. The highest BCUT2D eigenvalue weighted by molar-refractivity contribution is 9.10. The van der Waals surface area contributed by atoms with Crippen molar-refractivity contribution in [2.75, 3.05) is 12.0 Å². The van der Waals surface area contributed by atoms with Gasteiger partial charge in [-0.15, -0.1) is 0 Å². The molecule has 0 radical (unpaired) electrons. The predicted octanol–water partition coefficient (Wildman–Crippen LogP) is 6.97. The van der Waals surface area contributed by atoms with Crippen molar-refractivity contribution in [1.82, 2.24) is 5.32 Å². The van der Waals surface area contributed by atoms with Crippen molar-refractivity contribution in [3.8, 4) is 11.5 Å². The number of nitrogens with one attached hydrogen (secondary N) is 1. The molecule has 0 aromatic heterocycles. The second kappa shape index (κ2) is 11.1. The summed E-state index contributed by atoms with van der Waals surface area (Å²) in [5, 5.41) is 3.31. The van der Waals surface area contributed by atoms with Gasteiger partial charge in [-0.3, -0.25) is 14.9 Å². The maximum atomic E-state index is 13.2. The number of carbonyl (C=O) groups is 3. The van der Waals surface area contributed by atoms with Crippen molar-refractivity contribution in [3.63, 3.8) is 0 Å². The minimum Gasteiger partial charge on any atom is -0.493 e. The van der Waals surface area contributed by atoms with Gasteiger partial charge in [0.2, 0.25) is 0 Å². The van der Waals surface area contributed by atoms with Crippen molar-refractivity contribution in [1.29, 1.82) is 0 Å². The summed E-state index contributed by atoms with van der Waals surface area (Å²) >= 11 is 22.0. The molecule has 0 atom stereocenters. The van der Waals surface area contributed by atoms with Crippen LogP contribution in [0.5, 0.6) is 11.5 Å². The maximum Gasteiger partial charge on any atom is 0.335 e. The van der Waals surface area contributed by atoms with Crippen molar-refractivity contribution in [2.24, 2.45) is 0 Å². The molecule has 3 aromatic carbocycles. The first-order chi connectivity index (χ1) is 17.6. The fourth-order valence-corrected chi connectivity index (χ4v) is 4.56. The molecule has 4 rings (SSSR count). The molecule has 1 aliphatic heterocycles. The van der Waals surface area contributed by atoms with Crippen molar-refractivity contribution in [3.05, 3.63) is 90.3 Å². The number of urea groups is 1. The Balaban J connectivity index is 1.65. The number of carbonyl (C=O) groups excluding carboxylic acids is 3. The minimum absolute atomic E-state index is 0.0943. The Kier molecular flexibility index (Phi) is 8.14. The lowest BCUT2D eigenvalue weighted by Crippen LogP contribution is -2.54. The number of ether oxygens (including phenoxy) is 2. The van der Waals surface area contributed by atoms with E-state index in [9.17, 15) is 14.4 Å². The van der Waals surface area contributed by atoms with Crippen LogP contribution < -0.4 is 19.7 Å². The molecule has 1 N–H and O–H groups in total. The molecule has 1 saturated heterocycles. The number of imide groups is 2. The van der Waals surface area contributed by atoms with Crippen molar-refractivity contribution < 1.29 is 23.9 Å². The molecule has 4 amide bonds. The fourth-order valence-electron chi connectivity index (χ4n) is 3.58. The van der Waals surface area contributed by atoms with Crippen LogP contribution in [0.4, 0.5) is 10.5 Å². The van der Waals surface area contributed by atoms with E-state index >= 15 is 0 Å². The molecule has 0 unspecified atom stereocenters. The van der Waals surface area contributed by atoms with Crippen LogP contribution >= 0.6 is 50.7 Å². The highest BCUT2D eigenvalue weighted by Gasteiger charge is 2.37. The zero-order valence-corrected chi connectivity index (χ0v) is 23.3. The molecule has 0 aliphatic carbocycles. The third kappa shape index (κ3) is 5.78. The van der Waals surface area contributed by atoms with E-state index in [4.69, 9.17) is 44.3 Å². The fraction of sp³-hybridized carbons (Fsp3) is 0.115. The first-order valence-electron chi connectivity index (χ1n) is 10.7. The van der Waals surface area contributed by atoms with Crippen LogP contribution in [-0.2, 0) is 16.2 Å². The molecule has 7 nitrogen and oxygen atoms in total. The SMILES string of the molecule is COc1cc(/C=C2\C(=O)NC(=O)N(c3ccc(Br)c(C)c3)C2=O)cc(Cl)c1OCc1ccc(Cl)cc1Cl. The van der Waals surface area contributed by atoms with E-state index in [0.717, 1.165) is 14.9 Å². The number of benzene rings is 3. The second-order valence-corrected chi connectivity index (χ2v) is 10.1. The van der Waals surface area contributed by atoms with Crippen molar-refractivity contribution in [2.45, 2.75) is 13.5 Å². The van der Waals surface area contributed by atoms with Gasteiger partial charge in [-0.05, 0) is 66.6 Å². The van der Waals surface area contributed by atoms with Crippen LogP contribution in [0.15, 0.2) is 58.6 Å². The zero-order valence-electron chi connectivity index (χ0n) is 19.4. The van der Waals surface area contributed by atoms with Gasteiger partial charge in [0.25, 0.3) is 11.8 Å². The normalized spacial score (nSPS) is 14.7. The quantitative estimate of drug-likeness (QED) is 0.237. The average Bonchev–Trinajstić information content (AvgIpc) is 2.84. The minimum atomic E-state index is -0.839. The van der Waals surface area contributed by atoms with Gasteiger partial charge >= 0.3 is 6.03 Å².